The molecule has 1 aliphatic heterocycles. The molecule has 1 saturated heterocycles. The second-order valence-corrected chi connectivity index (χ2v) is 7.23. The molecule has 0 atom stereocenters. The molecule has 0 bridgehead atoms. The summed E-state index contributed by atoms with van der Waals surface area (Å²) in [6.07, 6.45) is 2.63. The van der Waals surface area contributed by atoms with E-state index in [2.05, 4.69) is 26.0 Å². The molecule has 3 aromatic rings. The molecule has 0 spiro atoms. The Balaban J connectivity index is 1.56. The minimum atomic E-state index is -2.67. The molecule has 1 amide bonds. The summed E-state index contributed by atoms with van der Waals surface area (Å²) in [6.45, 7) is 0.124. The molecule has 5 nitrogen and oxygen atoms in total. The lowest BCUT2D eigenvalue weighted by atomic mass is 10.1. The lowest BCUT2D eigenvalue weighted by molar-refractivity contribution is -0.0494. The van der Waals surface area contributed by atoms with Gasteiger partial charge in [-0.1, -0.05) is 15.9 Å². The second-order valence-electron chi connectivity index (χ2n) is 6.31. The maximum absolute atomic E-state index is 13.2. The molecule has 2 aromatic heterocycles. The van der Waals surface area contributed by atoms with Gasteiger partial charge in [0.15, 0.2) is 5.82 Å². The average molecular weight is 421 g/mol. The highest BCUT2D eigenvalue weighted by Crippen LogP contribution is 2.28. The monoisotopic (exact) mass is 420 g/mol. The van der Waals surface area contributed by atoms with E-state index in [1.54, 1.807) is 23.0 Å². The number of hydrogen-bond donors (Lipinski definition) is 0. The van der Waals surface area contributed by atoms with Crippen molar-refractivity contribution in [1.82, 2.24) is 19.7 Å². The molecule has 3 heterocycles. The Morgan fingerprint density at radius 3 is 2.58 bits per heavy atom. The largest absolute Gasteiger partial charge is 0.338 e. The summed E-state index contributed by atoms with van der Waals surface area (Å²) >= 11 is 3.43. The molecule has 1 fully saturated rings. The average Bonchev–Trinajstić information content (AvgIpc) is 3.04. The molecule has 8 heteroatoms. The summed E-state index contributed by atoms with van der Waals surface area (Å²) in [5.74, 6) is -2.35. The Kier molecular flexibility index (Phi) is 4.22. The SMILES string of the molecule is O=C(c1ccc(-n2ncc3cc(Br)ccc32)nc1)N1CCC(F)(F)CC1. The van der Waals surface area contributed by atoms with Gasteiger partial charge in [-0.3, -0.25) is 4.79 Å². The van der Waals surface area contributed by atoms with Gasteiger partial charge in [0.05, 0.1) is 17.3 Å². The van der Waals surface area contributed by atoms with Crippen LogP contribution in [0, 0.1) is 0 Å². The summed E-state index contributed by atoms with van der Waals surface area (Å²) in [4.78, 5) is 18.3. The molecule has 0 unspecified atom stereocenters. The van der Waals surface area contributed by atoms with Crippen LogP contribution in [0.1, 0.15) is 23.2 Å². The van der Waals surface area contributed by atoms with Crippen LogP contribution in [0.3, 0.4) is 0 Å². The van der Waals surface area contributed by atoms with Crippen LogP contribution in [0.5, 0.6) is 0 Å². The van der Waals surface area contributed by atoms with Gasteiger partial charge in [0.1, 0.15) is 0 Å². The molecule has 26 heavy (non-hydrogen) atoms. The van der Waals surface area contributed by atoms with Crippen LogP contribution in [0.2, 0.25) is 0 Å². The first-order chi connectivity index (χ1) is 12.4. The van der Waals surface area contributed by atoms with Gasteiger partial charge in [-0.25, -0.2) is 18.4 Å². The van der Waals surface area contributed by atoms with Crippen molar-refractivity contribution < 1.29 is 13.6 Å². The maximum atomic E-state index is 13.2. The molecule has 0 aliphatic carbocycles. The van der Waals surface area contributed by atoms with E-state index in [0.717, 1.165) is 15.4 Å². The quantitative estimate of drug-likeness (QED) is 0.628. The van der Waals surface area contributed by atoms with Crippen LogP contribution in [-0.4, -0.2) is 44.6 Å². The number of rotatable bonds is 2. The third-order valence-electron chi connectivity index (χ3n) is 4.52. The van der Waals surface area contributed by atoms with E-state index in [4.69, 9.17) is 0 Å². The van der Waals surface area contributed by atoms with Gasteiger partial charge in [-0.15, -0.1) is 0 Å². The number of piperidine rings is 1. The number of benzene rings is 1. The molecule has 134 valence electrons. The van der Waals surface area contributed by atoms with E-state index in [9.17, 15) is 13.6 Å². The smallest absolute Gasteiger partial charge is 0.255 e. The number of carbonyl (C=O) groups is 1. The molecule has 1 aliphatic rings. The molecule has 4 rings (SSSR count). The number of amides is 1. The molecular formula is C18H15BrF2N4O. The number of nitrogens with zero attached hydrogens (tertiary/aromatic N) is 4. The van der Waals surface area contributed by atoms with Gasteiger partial charge in [0.2, 0.25) is 0 Å². The van der Waals surface area contributed by atoms with Crippen molar-refractivity contribution in [1.29, 1.82) is 0 Å². The fourth-order valence-electron chi connectivity index (χ4n) is 3.04. The number of likely N-dealkylation sites (tertiary alicyclic amines) is 1. The van der Waals surface area contributed by atoms with Crippen molar-refractivity contribution in [3.8, 4) is 5.82 Å². The van der Waals surface area contributed by atoms with Gasteiger partial charge in [0.25, 0.3) is 11.8 Å². The molecular weight excluding hydrogens is 406 g/mol. The molecule has 1 aromatic carbocycles. The first-order valence-electron chi connectivity index (χ1n) is 8.20. The zero-order chi connectivity index (χ0) is 18.3. The lowest BCUT2D eigenvalue weighted by Crippen LogP contribution is -2.42. The van der Waals surface area contributed by atoms with Crippen molar-refractivity contribution in [3.63, 3.8) is 0 Å². The summed E-state index contributed by atoms with van der Waals surface area (Å²) < 4.78 is 29.1. The molecule has 0 N–H and O–H groups in total. The predicted octanol–water partition coefficient (Wildman–Crippen LogP) is 4.05. The summed E-state index contributed by atoms with van der Waals surface area (Å²) in [7, 11) is 0. The number of halogens is 3. The Morgan fingerprint density at radius 2 is 1.88 bits per heavy atom. The van der Waals surface area contributed by atoms with Gasteiger partial charge in [-0.2, -0.15) is 5.10 Å². The van der Waals surface area contributed by atoms with Crippen molar-refractivity contribution in [2.24, 2.45) is 0 Å². The second kappa shape index (κ2) is 6.42. The van der Waals surface area contributed by atoms with E-state index in [-0.39, 0.29) is 31.8 Å². The number of pyridine rings is 1. The standard InChI is InChI=1S/C18H15BrF2N4O/c19-14-2-3-15-13(9-14)11-23-25(15)16-4-1-12(10-22-16)17(26)24-7-5-18(20,21)6-8-24/h1-4,9-11H,5-8H2. The summed E-state index contributed by atoms with van der Waals surface area (Å²) in [5, 5.41) is 5.31. The highest BCUT2D eigenvalue weighted by molar-refractivity contribution is 9.10. The van der Waals surface area contributed by atoms with Gasteiger partial charge in [-0.05, 0) is 30.3 Å². The zero-order valence-corrected chi connectivity index (χ0v) is 15.3. The first kappa shape index (κ1) is 17.1. The van der Waals surface area contributed by atoms with Crippen molar-refractivity contribution in [2.45, 2.75) is 18.8 Å². The van der Waals surface area contributed by atoms with Crippen LogP contribution in [0.15, 0.2) is 47.2 Å². The van der Waals surface area contributed by atoms with Crippen LogP contribution < -0.4 is 0 Å². The summed E-state index contributed by atoms with van der Waals surface area (Å²) in [5.41, 5.74) is 1.29. The van der Waals surface area contributed by atoms with Crippen molar-refractivity contribution >= 4 is 32.7 Å². The number of alkyl halides is 2. The number of aromatic nitrogens is 3. The van der Waals surface area contributed by atoms with Gasteiger partial charge < -0.3 is 4.90 Å². The van der Waals surface area contributed by atoms with E-state index in [1.165, 1.54) is 11.1 Å². The zero-order valence-electron chi connectivity index (χ0n) is 13.7. The van der Waals surface area contributed by atoms with Crippen LogP contribution in [0.4, 0.5) is 8.78 Å². The Bertz CT molecular complexity index is 961. The third kappa shape index (κ3) is 3.21. The van der Waals surface area contributed by atoms with Crippen LogP contribution >= 0.6 is 15.9 Å². The number of carbonyl (C=O) groups excluding carboxylic acids is 1. The van der Waals surface area contributed by atoms with Gasteiger partial charge in [0, 0.05) is 42.0 Å². The Labute approximate surface area is 156 Å². The minimum Gasteiger partial charge on any atom is -0.338 e. The minimum absolute atomic E-state index is 0.0618. The van der Waals surface area contributed by atoms with Gasteiger partial charge >= 0.3 is 0 Å². The van der Waals surface area contributed by atoms with E-state index >= 15 is 0 Å². The maximum Gasteiger partial charge on any atom is 0.255 e. The third-order valence-corrected chi connectivity index (χ3v) is 5.02. The Hall–Kier alpha value is -2.35. The Morgan fingerprint density at radius 1 is 1.12 bits per heavy atom. The number of hydrogen-bond acceptors (Lipinski definition) is 3. The first-order valence-corrected chi connectivity index (χ1v) is 8.99. The van der Waals surface area contributed by atoms with Crippen molar-refractivity contribution in [3.05, 3.63) is 52.8 Å². The van der Waals surface area contributed by atoms with E-state index < -0.39 is 5.92 Å². The van der Waals surface area contributed by atoms with Crippen LogP contribution in [0.25, 0.3) is 16.7 Å². The molecule has 0 radical (unpaired) electrons. The fourth-order valence-corrected chi connectivity index (χ4v) is 3.42. The predicted molar refractivity (Wildman–Crippen MR) is 96.6 cm³/mol. The fraction of sp³-hybridized carbons (Fsp3) is 0.278. The van der Waals surface area contributed by atoms with Crippen LogP contribution in [-0.2, 0) is 0 Å². The topological polar surface area (TPSA) is 51.0 Å². The van der Waals surface area contributed by atoms with E-state index in [1.807, 2.05) is 18.2 Å². The highest BCUT2D eigenvalue weighted by Gasteiger charge is 2.35. The lowest BCUT2D eigenvalue weighted by Gasteiger charge is -2.31. The summed E-state index contributed by atoms with van der Waals surface area (Å²) in [6, 6.07) is 9.18. The normalized spacial score (nSPS) is 16.8. The van der Waals surface area contributed by atoms with E-state index in [0.29, 0.717) is 11.4 Å². The number of fused-ring (bicyclic) bond motifs is 1. The van der Waals surface area contributed by atoms with Crippen molar-refractivity contribution in [2.75, 3.05) is 13.1 Å². The molecule has 0 saturated carbocycles. The highest BCUT2D eigenvalue weighted by atomic mass is 79.9.